The molecule has 0 amide bonds. The van der Waals surface area contributed by atoms with Crippen molar-refractivity contribution >= 4 is 27.8 Å². The number of carboxylic acid groups (broad SMARTS) is 1. The van der Waals surface area contributed by atoms with Gasteiger partial charge in [0.05, 0.1) is 5.69 Å². The molecule has 3 N–H and O–H groups in total. The van der Waals surface area contributed by atoms with Crippen molar-refractivity contribution < 1.29 is 9.90 Å². The predicted octanol–water partition coefficient (Wildman–Crippen LogP) is 6.07. The summed E-state index contributed by atoms with van der Waals surface area (Å²) in [5, 5.41) is 12.2. The number of hydrogen-bond donors (Lipinski definition) is 3. The average molecular weight is 397 g/mol. The van der Waals surface area contributed by atoms with Gasteiger partial charge in [-0.05, 0) is 48.7 Å². The lowest BCUT2D eigenvalue weighted by Crippen LogP contribution is -2.00. The molecule has 5 heteroatoms. The van der Waals surface area contributed by atoms with Gasteiger partial charge in [0.25, 0.3) is 0 Å². The van der Waals surface area contributed by atoms with Crippen LogP contribution in [0.15, 0.2) is 60.9 Å². The van der Waals surface area contributed by atoms with Crippen LogP contribution in [0.5, 0.6) is 0 Å². The van der Waals surface area contributed by atoms with Gasteiger partial charge in [-0.2, -0.15) is 0 Å². The predicted molar refractivity (Wildman–Crippen MR) is 121 cm³/mol. The molecule has 0 aliphatic carbocycles. The Morgan fingerprint density at radius 1 is 1.00 bits per heavy atom. The third-order valence-corrected chi connectivity index (χ3v) is 5.96. The van der Waals surface area contributed by atoms with Crippen molar-refractivity contribution in [1.29, 1.82) is 0 Å². The number of hydrogen-bond acceptors (Lipinski definition) is 1. The van der Waals surface area contributed by atoms with Crippen LogP contribution in [0.1, 0.15) is 29.9 Å². The van der Waals surface area contributed by atoms with E-state index in [-0.39, 0.29) is 5.69 Å². The van der Waals surface area contributed by atoms with Gasteiger partial charge in [0, 0.05) is 51.9 Å². The monoisotopic (exact) mass is 397 g/mol. The van der Waals surface area contributed by atoms with Crippen LogP contribution in [0, 0.1) is 0 Å². The maximum Gasteiger partial charge on any atom is 0.352 e. The first-order valence-corrected chi connectivity index (χ1v) is 10.3. The van der Waals surface area contributed by atoms with E-state index in [9.17, 15) is 9.90 Å². The van der Waals surface area contributed by atoms with Crippen LogP contribution in [-0.2, 0) is 13.0 Å². The molecule has 5 rings (SSSR count). The Morgan fingerprint density at radius 3 is 2.57 bits per heavy atom. The second-order valence-electron chi connectivity index (χ2n) is 7.47. The minimum Gasteiger partial charge on any atom is -0.477 e. The van der Waals surface area contributed by atoms with Gasteiger partial charge in [0.1, 0.15) is 5.69 Å². The highest BCUT2D eigenvalue weighted by atomic mass is 16.4. The molecule has 2 aromatic carbocycles. The second-order valence-corrected chi connectivity index (χ2v) is 7.47. The van der Waals surface area contributed by atoms with E-state index in [2.05, 4.69) is 46.7 Å². The van der Waals surface area contributed by atoms with Crippen molar-refractivity contribution in [2.24, 2.45) is 0 Å². The van der Waals surface area contributed by atoms with Gasteiger partial charge < -0.3 is 19.6 Å². The van der Waals surface area contributed by atoms with Crippen molar-refractivity contribution in [2.75, 3.05) is 0 Å². The van der Waals surface area contributed by atoms with Gasteiger partial charge in [-0.1, -0.05) is 31.2 Å². The van der Waals surface area contributed by atoms with Crippen LogP contribution in [0.25, 0.3) is 44.2 Å². The van der Waals surface area contributed by atoms with E-state index in [4.69, 9.17) is 0 Å². The molecule has 0 saturated carbocycles. The lowest BCUT2D eigenvalue weighted by molar-refractivity contribution is 0.0692. The number of aryl methyl sites for hydroxylation is 1. The second kappa shape index (κ2) is 6.95. The first-order valence-electron chi connectivity index (χ1n) is 10.3. The summed E-state index contributed by atoms with van der Waals surface area (Å²) in [7, 11) is 0. The molecule has 0 bridgehead atoms. The largest absolute Gasteiger partial charge is 0.477 e. The molecule has 0 aliphatic rings. The summed E-state index contributed by atoms with van der Waals surface area (Å²) < 4.78 is 2.18. The van der Waals surface area contributed by atoms with Crippen LogP contribution >= 0.6 is 0 Å². The first-order chi connectivity index (χ1) is 14.6. The summed E-state index contributed by atoms with van der Waals surface area (Å²) in [5.74, 6) is -0.945. The Balaban J connectivity index is 1.85. The van der Waals surface area contributed by atoms with E-state index in [1.54, 1.807) is 0 Å². The van der Waals surface area contributed by atoms with Crippen LogP contribution in [-0.4, -0.2) is 25.6 Å². The number of rotatable bonds is 5. The third-order valence-electron chi connectivity index (χ3n) is 5.96. The summed E-state index contributed by atoms with van der Waals surface area (Å²) in [6, 6.07) is 16.3. The van der Waals surface area contributed by atoms with E-state index in [1.807, 2.05) is 42.6 Å². The van der Waals surface area contributed by atoms with Crippen LogP contribution in [0.2, 0.25) is 0 Å². The number of nitrogens with zero attached hydrogens (tertiary/aromatic N) is 1. The zero-order valence-electron chi connectivity index (χ0n) is 17.0. The van der Waals surface area contributed by atoms with Crippen LogP contribution in [0.3, 0.4) is 0 Å². The van der Waals surface area contributed by atoms with Crippen molar-refractivity contribution in [3.63, 3.8) is 0 Å². The molecule has 0 saturated heterocycles. The normalized spacial score (nSPS) is 11.5. The van der Waals surface area contributed by atoms with Crippen molar-refractivity contribution in [3.8, 4) is 22.4 Å². The molecular weight excluding hydrogens is 374 g/mol. The standard InChI is InChI=1S/C25H23N3O2/c1-3-15-22(18-7-6-10-21-17(18)12-14-28(21)4-2)24(25(29)30)27-23(15)19-8-5-9-20-16(19)11-13-26-20/h5-14,26-27H,3-4H2,1-2H3,(H,29,30). The minimum atomic E-state index is -0.945. The number of carboxylic acids is 1. The molecule has 5 nitrogen and oxygen atoms in total. The highest BCUT2D eigenvalue weighted by Crippen LogP contribution is 2.41. The molecule has 150 valence electrons. The van der Waals surface area contributed by atoms with E-state index >= 15 is 0 Å². The van der Waals surface area contributed by atoms with Crippen molar-refractivity contribution in [2.45, 2.75) is 26.8 Å². The topological polar surface area (TPSA) is 73.8 Å². The molecule has 3 aromatic heterocycles. The van der Waals surface area contributed by atoms with Gasteiger partial charge in [0.2, 0.25) is 0 Å². The molecule has 3 heterocycles. The SMILES string of the molecule is CCc1c(-c2cccc3[nH]ccc23)[nH]c(C(=O)O)c1-c1cccc2c1ccn2CC. The molecule has 0 unspecified atom stereocenters. The van der Waals surface area contributed by atoms with E-state index < -0.39 is 5.97 Å². The van der Waals surface area contributed by atoms with Crippen LogP contribution < -0.4 is 0 Å². The summed E-state index contributed by atoms with van der Waals surface area (Å²) in [5.41, 5.74) is 7.04. The fraction of sp³-hybridized carbons (Fsp3) is 0.160. The molecule has 0 spiro atoms. The summed E-state index contributed by atoms with van der Waals surface area (Å²) >= 11 is 0. The quantitative estimate of drug-likeness (QED) is 0.337. The molecule has 0 atom stereocenters. The summed E-state index contributed by atoms with van der Waals surface area (Å²) in [6.07, 6.45) is 4.70. The Hall–Kier alpha value is -3.73. The maximum atomic E-state index is 12.3. The highest BCUT2D eigenvalue weighted by molar-refractivity contribution is 6.06. The third kappa shape index (κ3) is 2.59. The number of nitrogens with one attached hydrogen (secondary N) is 2. The van der Waals surface area contributed by atoms with Crippen molar-refractivity contribution in [1.82, 2.24) is 14.5 Å². The fourth-order valence-electron chi connectivity index (χ4n) is 4.60. The number of fused-ring (bicyclic) bond motifs is 2. The number of H-pyrrole nitrogens is 2. The van der Waals surface area contributed by atoms with E-state index in [1.165, 1.54) is 0 Å². The number of aromatic carboxylic acids is 1. The van der Waals surface area contributed by atoms with Gasteiger partial charge in [-0.25, -0.2) is 4.79 Å². The lowest BCUT2D eigenvalue weighted by Gasteiger charge is -2.09. The zero-order chi connectivity index (χ0) is 20.8. The Labute approximate surface area is 174 Å². The molecule has 0 radical (unpaired) electrons. The van der Waals surface area contributed by atoms with Gasteiger partial charge >= 0.3 is 5.97 Å². The Kier molecular flexibility index (Phi) is 4.24. The number of aromatic nitrogens is 3. The fourth-order valence-corrected chi connectivity index (χ4v) is 4.60. The summed E-state index contributed by atoms with van der Waals surface area (Å²) in [6.45, 7) is 5.06. The number of aromatic amines is 2. The van der Waals surface area contributed by atoms with E-state index in [0.29, 0.717) is 0 Å². The molecular formula is C25H23N3O2. The molecule has 5 aromatic rings. The Bertz CT molecular complexity index is 1400. The first kappa shape index (κ1) is 18.3. The molecule has 30 heavy (non-hydrogen) atoms. The summed E-state index contributed by atoms with van der Waals surface area (Å²) in [4.78, 5) is 18.8. The minimum absolute atomic E-state index is 0.242. The molecule has 0 fully saturated rings. The highest BCUT2D eigenvalue weighted by Gasteiger charge is 2.25. The van der Waals surface area contributed by atoms with Gasteiger partial charge in [0.15, 0.2) is 0 Å². The zero-order valence-corrected chi connectivity index (χ0v) is 17.0. The smallest absolute Gasteiger partial charge is 0.352 e. The Morgan fingerprint density at radius 2 is 1.80 bits per heavy atom. The number of benzene rings is 2. The molecule has 0 aliphatic heterocycles. The average Bonchev–Trinajstić information content (AvgIpc) is 3.48. The maximum absolute atomic E-state index is 12.3. The van der Waals surface area contributed by atoms with E-state index in [0.717, 1.165) is 62.7 Å². The van der Waals surface area contributed by atoms with Crippen LogP contribution in [0.4, 0.5) is 0 Å². The van der Waals surface area contributed by atoms with Gasteiger partial charge in [-0.15, -0.1) is 0 Å². The lowest BCUT2D eigenvalue weighted by atomic mass is 9.93. The van der Waals surface area contributed by atoms with Crippen molar-refractivity contribution in [3.05, 3.63) is 72.2 Å². The number of carbonyl (C=O) groups is 1. The van der Waals surface area contributed by atoms with Gasteiger partial charge in [-0.3, -0.25) is 0 Å².